The van der Waals surface area contributed by atoms with Gasteiger partial charge in [0.2, 0.25) is 0 Å². The summed E-state index contributed by atoms with van der Waals surface area (Å²) in [5.74, 6) is 0.283. The topological polar surface area (TPSA) is 71.1 Å². The molecule has 0 bridgehead atoms. The van der Waals surface area contributed by atoms with Gasteiger partial charge >= 0.3 is 0 Å². The average Bonchev–Trinajstić information content (AvgIpc) is 2.67. The predicted molar refractivity (Wildman–Crippen MR) is 114 cm³/mol. The minimum Gasteiger partial charge on any atom is -0.380 e. The van der Waals surface area contributed by atoms with Gasteiger partial charge in [0.25, 0.3) is 10.0 Å². The maximum atomic E-state index is 12.6. The van der Waals surface area contributed by atoms with Crippen LogP contribution in [0.3, 0.4) is 0 Å². The third-order valence-electron chi connectivity index (χ3n) is 4.37. The van der Waals surface area contributed by atoms with E-state index in [9.17, 15) is 8.42 Å². The van der Waals surface area contributed by atoms with Gasteiger partial charge < -0.3 is 5.32 Å². The van der Waals surface area contributed by atoms with Gasteiger partial charge in [-0.05, 0) is 40.8 Å². The normalized spacial score (nSPS) is 11.8. The first-order valence-electron chi connectivity index (χ1n) is 9.11. The van der Waals surface area contributed by atoms with Crippen molar-refractivity contribution >= 4 is 21.5 Å². The Labute approximate surface area is 166 Å². The number of pyridine rings is 1. The van der Waals surface area contributed by atoms with Gasteiger partial charge in [0.05, 0.1) is 16.8 Å². The second kappa shape index (κ2) is 8.02. The van der Waals surface area contributed by atoms with E-state index in [1.54, 1.807) is 30.5 Å². The number of hydrogen-bond acceptors (Lipinski definition) is 4. The van der Waals surface area contributed by atoms with Crippen molar-refractivity contribution in [2.24, 2.45) is 0 Å². The molecule has 1 heterocycles. The van der Waals surface area contributed by atoms with E-state index >= 15 is 0 Å². The zero-order valence-corrected chi connectivity index (χ0v) is 17.1. The Morgan fingerprint density at radius 1 is 0.893 bits per heavy atom. The molecule has 5 nitrogen and oxygen atoms in total. The Morgan fingerprint density at radius 3 is 2.14 bits per heavy atom. The molecule has 0 aliphatic rings. The number of hydrogen-bond donors (Lipinski definition) is 2. The molecule has 3 aromatic rings. The summed E-state index contributed by atoms with van der Waals surface area (Å²) in [5, 5.41) is 3.26. The summed E-state index contributed by atoms with van der Waals surface area (Å²) >= 11 is 0. The molecule has 3 rings (SSSR count). The summed E-state index contributed by atoms with van der Waals surface area (Å²) in [7, 11) is -3.68. The van der Waals surface area contributed by atoms with Crippen molar-refractivity contribution in [1.82, 2.24) is 4.98 Å². The van der Waals surface area contributed by atoms with E-state index in [-0.39, 0.29) is 16.1 Å². The van der Waals surface area contributed by atoms with Crippen LogP contribution in [0.5, 0.6) is 0 Å². The zero-order valence-electron chi connectivity index (χ0n) is 16.3. The van der Waals surface area contributed by atoms with Crippen LogP contribution in [0.1, 0.15) is 31.9 Å². The van der Waals surface area contributed by atoms with Gasteiger partial charge in [-0.1, -0.05) is 63.2 Å². The van der Waals surface area contributed by atoms with Gasteiger partial charge in [-0.3, -0.25) is 4.72 Å². The van der Waals surface area contributed by atoms with E-state index in [2.05, 4.69) is 35.8 Å². The lowest BCUT2D eigenvalue weighted by Gasteiger charge is -2.19. The van der Waals surface area contributed by atoms with Gasteiger partial charge in [0, 0.05) is 6.54 Å². The molecule has 0 amide bonds. The van der Waals surface area contributed by atoms with Crippen molar-refractivity contribution in [3.8, 4) is 0 Å². The fraction of sp³-hybridized carbons (Fsp3) is 0.227. The molecule has 0 spiro atoms. The maximum absolute atomic E-state index is 12.6. The van der Waals surface area contributed by atoms with Gasteiger partial charge in [0.1, 0.15) is 5.82 Å². The van der Waals surface area contributed by atoms with Crippen molar-refractivity contribution in [3.63, 3.8) is 0 Å². The number of nitrogens with one attached hydrogen (secondary N) is 2. The summed E-state index contributed by atoms with van der Waals surface area (Å²) in [6.07, 6.45) is 1.61. The minimum atomic E-state index is -3.68. The highest BCUT2D eigenvalue weighted by Gasteiger charge is 2.18. The molecule has 0 fully saturated rings. The number of nitrogens with zero attached hydrogens (tertiary/aromatic N) is 1. The van der Waals surface area contributed by atoms with Gasteiger partial charge in [-0.15, -0.1) is 0 Å². The first-order valence-corrected chi connectivity index (χ1v) is 10.6. The molecule has 2 aromatic carbocycles. The standard InChI is InChI=1S/C22H25N3O2S/c1-22(2,3)18-9-12-20(13-10-18)28(26,27)25-21-14-11-19(16-24-21)23-15-17-7-5-4-6-8-17/h4-14,16,23H,15H2,1-3H3,(H,24,25). The largest absolute Gasteiger partial charge is 0.380 e. The Morgan fingerprint density at radius 2 is 1.57 bits per heavy atom. The third-order valence-corrected chi connectivity index (χ3v) is 5.74. The lowest BCUT2D eigenvalue weighted by atomic mass is 9.87. The molecule has 0 aliphatic heterocycles. The Hall–Kier alpha value is -2.86. The quantitative estimate of drug-likeness (QED) is 0.629. The summed E-state index contributed by atoms with van der Waals surface area (Å²) in [6.45, 7) is 6.94. The Balaban J connectivity index is 1.65. The smallest absolute Gasteiger partial charge is 0.263 e. The van der Waals surface area contributed by atoms with Crippen LogP contribution in [-0.2, 0) is 22.0 Å². The van der Waals surface area contributed by atoms with Crippen LogP contribution in [0, 0.1) is 0 Å². The molecule has 6 heteroatoms. The first kappa shape index (κ1) is 19.9. The van der Waals surface area contributed by atoms with Crippen LogP contribution in [0.15, 0.2) is 77.8 Å². The highest BCUT2D eigenvalue weighted by molar-refractivity contribution is 7.92. The number of anilines is 2. The molecule has 0 saturated heterocycles. The van der Waals surface area contributed by atoms with Crippen LogP contribution in [0.4, 0.5) is 11.5 Å². The predicted octanol–water partition coefficient (Wildman–Crippen LogP) is 4.79. The molecular weight excluding hydrogens is 370 g/mol. The van der Waals surface area contributed by atoms with Crippen LogP contribution >= 0.6 is 0 Å². The molecule has 146 valence electrons. The Kier molecular flexibility index (Phi) is 5.70. The Bertz CT molecular complexity index is 1010. The molecule has 0 unspecified atom stereocenters. The monoisotopic (exact) mass is 395 g/mol. The van der Waals surface area contributed by atoms with Gasteiger partial charge in [-0.2, -0.15) is 0 Å². The second-order valence-electron chi connectivity index (χ2n) is 7.65. The van der Waals surface area contributed by atoms with Crippen LogP contribution in [0.2, 0.25) is 0 Å². The van der Waals surface area contributed by atoms with E-state index < -0.39 is 10.0 Å². The van der Waals surface area contributed by atoms with Gasteiger partial charge in [0.15, 0.2) is 0 Å². The SMILES string of the molecule is CC(C)(C)c1ccc(S(=O)(=O)Nc2ccc(NCc3ccccc3)cn2)cc1. The van der Waals surface area contributed by atoms with E-state index in [0.717, 1.165) is 16.8 Å². The third kappa shape index (κ3) is 5.10. The summed E-state index contributed by atoms with van der Waals surface area (Å²) in [4.78, 5) is 4.42. The van der Waals surface area contributed by atoms with Crippen LogP contribution in [0.25, 0.3) is 0 Å². The highest BCUT2D eigenvalue weighted by Crippen LogP contribution is 2.24. The van der Waals surface area contributed by atoms with E-state index in [1.165, 1.54) is 0 Å². The number of sulfonamides is 1. The average molecular weight is 396 g/mol. The highest BCUT2D eigenvalue weighted by atomic mass is 32.2. The number of aromatic nitrogens is 1. The fourth-order valence-corrected chi connectivity index (χ4v) is 3.70. The molecular formula is C22H25N3O2S. The van der Waals surface area contributed by atoms with E-state index in [1.807, 2.05) is 42.5 Å². The molecule has 2 N–H and O–H groups in total. The van der Waals surface area contributed by atoms with Crippen LogP contribution in [-0.4, -0.2) is 13.4 Å². The van der Waals surface area contributed by atoms with Crippen LogP contribution < -0.4 is 10.0 Å². The van der Waals surface area contributed by atoms with E-state index in [0.29, 0.717) is 6.54 Å². The molecule has 1 aromatic heterocycles. The first-order chi connectivity index (χ1) is 13.2. The lowest BCUT2D eigenvalue weighted by molar-refractivity contribution is 0.587. The van der Waals surface area contributed by atoms with Crippen molar-refractivity contribution < 1.29 is 8.42 Å². The summed E-state index contributed by atoms with van der Waals surface area (Å²) in [6, 6.07) is 20.4. The number of rotatable bonds is 6. The molecule has 28 heavy (non-hydrogen) atoms. The van der Waals surface area contributed by atoms with Crippen molar-refractivity contribution in [2.45, 2.75) is 37.6 Å². The van der Waals surface area contributed by atoms with Crippen molar-refractivity contribution in [2.75, 3.05) is 10.0 Å². The van der Waals surface area contributed by atoms with Crippen molar-refractivity contribution in [3.05, 3.63) is 84.1 Å². The molecule has 0 aliphatic carbocycles. The summed E-state index contributed by atoms with van der Waals surface area (Å²) in [5.41, 5.74) is 3.03. The molecule has 0 atom stereocenters. The lowest BCUT2D eigenvalue weighted by Crippen LogP contribution is -2.15. The van der Waals surface area contributed by atoms with E-state index in [4.69, 9.17) is 0 Å². The molecule has 0 radical (unpaired) electrons. The maximum Gasteiger partial charge on any atom is 0.263 e. The zero-order chi connectivity index (χ0) is 20.2. The number of benzene rings is 2. The van der Waals surface area contributed by atoms with Crippen molar-refractivity contribution in [1.29, 1.82) is 0 Å². The second-order valence-corrected chi connectivity index (χ2v) is 9.33. The molecule has 0 saturated carbocycles. The fourth-order valence-electron chi connectivity index (χ4n) is 2.69. The van der Waals surface area contributed by atoms with Gasteiger partial charge in [-0.25, -0.2) is 13.4 Å². The summed E-state index contributed by atoms with van der Waals surface area (Å²) < 4.78 is 27.7. The minimum absolute atomic E-state index is 0.0279.